The van der Waals surface area contributed by atoms with Crippen LogP contribution in [0.25, 0.3) is 11.3 Å². The third-order valence-corrected chi connectivity index (χ3v) is 6.24. The highest BCUT2D eigenvalue weighted by Crippen LogP contribution is 2.39. The zero-order valence-corrected chi connectivity index (χ0v) is 20.9. The molecule has 36 heavy (non-hydrogen) atoms. The average Bonchev–Trinajstić information content (AvgIpc) is 2.87. The number of fused-ring (bicyclic) bond motifs is 1. The Morgan fingerprint density at radius 2 is 2.03 bits per heavy atom. The minimum atomic E-state index is -0.642. The highest BCUT2D eigenvalue weighted by Gasteiger charge is 2.25. The van der Waals surface area contributed by atoms with Gasteiger partial charge in [-0.1, -0.05) is 5.92 Å². The fourth-order valence-corrected chi connectivity index (χ4v) is 4.34. The third-order valence-electron chi connectivity index (χ3n) is 5.39. The van der Waals surface area contributed by atoms with Gasteiger partial charge < -0.3 is 19.7 Å². The van der Waals surface area contributed by atoms with Crippen LogP contribution in [-0.4, -0.2) is 48.9 Å². The molecule has 0 amide bonds. The summed E-state index contributed by atoms with van der Waals surface area (Å²) in [7, 11) is 0. The first-order valence-electron chi connectivity index (χ1n) is 11.5. The quantitative estimate of drug-likeness (QED) is 0.223. The molecule has 1 aliphatic heterocycles. The van der Waals surface area contributed by atoms with Crippen LogP contribution in [0, 0.1) is 24.0 Å². The van der Waals surface area contributed by atoms with Crippen LogP contribution in [0.4, 0.5) is 26.1 Å². The molecule has 2 heterocycles. The lowest BCUT2D eigenvalue weighted by Crippen LogP contribution is -2.38. The molecule has 0 fully saturated rings. The van der Waals surface area contributed by atoms with Gasteiger partial charge in [0.05, 0.1) is 25.0 Å². The van der Waals surface area contributed by atoms with Crippen molar-refractivity contribution < 1.29 is 18.3 Å². The topological polar surface area (TPSA) is 71.5 Å². The van der Waals surface area contributed by atoms with Gasteiger partial charge >= 0.3 is 0 Å². The molecule has 2 N–H and O–H groups in total. The maximum atomic E-state index is 14.9. The molecule has 4 rings (SSSR count). The van der Waals surface area contributed by atoms with Crippen molar-refractivity contribution in [3.8, 4) is 29.4 Å². The lowest BCUT2D eigenvalue weighted by molar-refractivity contribution is 0.173. The van der Waals surface area contributed by atoms with Crippen LogP contribution in [-0.2, 0) is 4.74 Å². The van der Waals surface area contributed by atoms with E-state index in [-0.39, 0.29) is 23.4 Å². The molecule has 0 saturated carbocycles. The normalized spacial score (nSPS) is 12.7. The number of hydrogen-bond acceptors (Lipinski definition) is 8. The zero-order valence-electron chi connectivity index (χ0n) is 20.1. The fraction of sp³-hybridized carbons (Fsp3) is 0.308. The number of benzene rings is 2. The summed E-state index contributed by atoms with van der Waals surface area (Å²) in [6.07, 6.45) is 6.22. The number of nitrogens with one attached hydrogen (secondary N) is 2. The first kappa shape index (κ1) is 25.7. The van der Waals surface area contributed by atoms with Crippen LogP contribution in [0.15, 0.2) is 47.5 Å². The summed E-state index contributed by atoms with van der Waals surface area (Å²) in [4.78, 5) is 11.4. The van der Waals surface area contributed by atoms with Crippen molar-refractivity contribution in [2.24, 2.45) is 0 Å². The van der Waals surface area contributed by atoms with E-state index in [0.717, 1.165) is 16.8 Å². The minimum Gasteiger partial charge on any atom is -0.486 e. The molecule has 1 aromatic heterocycles. The van der Waals surface area contributed by atoms with Gasteiger partial charge in [0.25, 0.3) is 0 Å². The van der Waals surface area contributed by atoms with Crippen molar-refractivity contribution in [2.75, 3.05) is 43.1 Å². The molecular weight excluding hydrogens is 484 g/mol. The predicted molar refractivity (Wildman–Crippen MR) is 139 cm³/mol. The first-order valence-corrected chi connectivity index (χ1v) is 12.3. The average molecular weight is 512 g/mol. The molecule has 0 atom stereocenters. The van der Waals surface area contributed by atoms with Crippen molar-refractivity contribution in [3.63, 3.8) is 0 Å². The monoisotopic (exact) mass is 511 g/mol. The van der Waals surface area contributed by atoms with E-state index in [1.54, 1.807) is 6.07 Å². The molecule has 10 heteroatoms. The molecule has 0 bridgehead atoms. The van der Waals surface area contributed by atoms with Crippen LogP contribution in [0.3, 0.4) is 0 Å². The van der Waals surface area contributed by atoms with Crippen molar-refractivity contribution in [3.05, 3.63) is 54.2 Å². The maximum Gasteiger partial charge on any atom is 0.227 e. The maximum absolute atomic E-state index is 14.9. The Labute approximate surface area is 213 Å². The lowest BCUT2D eigenvalue weighted by Gasteiger charge is -2.34. The van der Waals surface area contributed by atoms with Crippen molar-refractivity contribution in [1.29, 1.82) is 0 Å². The van der Waals surface area contributed by atoms with E-state index in [2.05, 4.69) is 25.9 Å². The van der Waals surface area contributed by atoms with Crippen LogP contribution in [0.2, 0.25) is 0 Å². The Morgan fingerprint density at radius 3 is 2.78 bits per heavy atom. The number of ether oxygens (including phenoxy) is 2. The third kappa shape index (κ3) is 6.23. The number of hydrogen-bond donors (Lipinski definition) is 2. The van der Waals surface area contributed by atoms with Crippen molar-refractivity contribution in [1.82, 2.24) is 14.7 Å². The minimum absolute atomic E-state index is 0.00640. The van der Waals surface area contributed by atoms with Crippen molar-refractivity contribution >= 4 is 29.3 Å². The fourth-order valence-electron chi connectivity index (χ4n) is 3.72. The second-order valence-electron chi connectivity index (χ2n) is 8.23. The lowest BCUT2D eigenvalue weighted by atomic mass is 10.1. The molecule has 0 unspecified atom stereocenters. The molecule has 0 aliphatic carbocycles. The summed E-state index contributed by atoms with van der Waals surface area (Å²) in [5, 5.41) is 3.08. The summed E-state index contributed by atoms with van der Waals surface area (Å²) in [6, 6.07) is 10.7. The van der Waals surface area contributed by atoms with E-state index in [9.17, 15) is 8.78 Å². The number of aromatic nitrogens is 2. The smallest absolute Gasteiger partial charge is 0.227 e. The van der Waals surface area contributed by atoms with Gasteiger partial charge in [0, 0.05) is 28.7 Å². The van der Waals surface area contributed by atoms with Crippen LogP contribution in [0.1, 0.15) is 13.8 Å². The van der Waals surface area contributed by atoms with Crippen LogP contribution >= 0.6 is 11.9 Å². The molecule has 7 nitrogen and oxygen atoms in total. The van der Waals surface area contributed by atoms with Crippen molar-refractivity contribution in [2.45, 2.75) is 24.8 Å². The van der Waals surface area contributed by atoms with E-state index in [1.807, 2.05) is 43.0 Å². The summed E-state index contributed by atoms with van der Waals surface area (Å²) >= 11 is 1.47. The summed E-state index contributed by atoms with van der Waals surface area (Å²) in [5.74, 6) is 1.61. The Balaban J connectivity index is 1.47. The summed E-state index contributed by atoms with van der Waals surface area (Å²) in [5.41, 5.74) is 1.63. The van der Waals surface area contributed by atoms with E-state index in [1.165, 1.54) is 18.0 Å². The molecule has 0 radical (unpaired) electrons. The zero-order chi connectivity index (χ0) is 25.5. The molecule has 1 aliphatic rings. The van der Waals surface area contributed by atoms with E-state index in [0.29, 0.717) is 44.2 Å². The predicted octanol–water partition coefficient (Wildman–Crippen LogP) is 5.02. The second kappa shape index (κ2) is 12.0. The number of rotatable bonds is 10. The number of nitrogens with zero attached hydrogens (tertiary/aromatic N) is 3. The Bertz CT molecular complexity index is 1230. The molecule has 0 saturated heterocycles. The molecule has 3 aromatic rings. The highest BCUT2D eigenvalue weighted by molar-refractivity contribution is 7.97. The Kier molecular flexibility index (Phi) is 8.59. The van der Waals surface area contributed by atoms with Gasteiger partial charge in [0.15, 0.2) is 17.4 Å². The second-order valence-corrected chi connectivity index (χ2v) is 9.20. The van der Waals surface area contributed by atoms with Gasteiger partial charge in [0.1, 0.15) is 18.9 Å². The molecule has 2 aromatic carbocycles. The molecular formula is C26H27F2N5O2S. The SMILES string of the molecule is C#CCOCCNSc1ccc(Nc2ncc(F)c(-c3cc(F)c4c(c3)N(C(C)C)CCO4)n2)cc1. The van der Waals surface area contributed by atoms with Crippen LogP contribution < -0.4 is 19.7 Å². The highest BCUT2D eigenvalue weighted by atomic mass is 32.2. The standard InChI is InChI=1S/C26H27F2N5O2S/c1-4-11-34-12-9-30-36-20-7-5-19(6-8-20)31-26-29-16-22(28)24(32-26)18-14-21(27)25-23(15-18)33(17(2)3)10-13-35-25/h1,5-8,14-17,30H,9-13H2,2-3H3,(H,29,31,32). The van der Waals surface area contributed by atoms with Gasteiger partial charge in [-0.2, -0.15) is 0 Å². The number of halogens is 2. The van der Waals surface area contributed by atoms with Crippen LogP contribution in [0.5, 0.6) is 5.75 Å². The molecule has 0 spiro atoms. The molecule has 188 valence electrons. The van der Waals surface area contributed by atoms with Gasteiger partial charge in [-0.25, -0.2) is 18.7 Å². The Hall–Kier alpha value is -3.39. The van der Waals surface area contributed by atoms with E-state index in [4.69, 9.17) is 15.9 Å². The van der Waals surface area contributed by atoms with Gasteiger partial charge in [-0.3, -0.25) is 4.72 Å². The van der Waals surface area contributed by atoms with Gasteiger partial charge in [-0.15, -0.1) is 6.42 Å². The van der Waals surface area contributed by atoms with Gasteiger partial charge in [-0.05, 0) is 62.2 Å². The first-order chi connectivity index (χ1) is 17.5. The number of terminal acetylenes is 1. The summed E-state index contributed by atoms with van der Waals surface area (Å²) < 4.78 is 43.6. The summed E-state index contributed by atoms with van der Waals surface area (Å²) in [6.45, 7) is 6.53. The van der Waals surface area contributed by atoms with Gasteiger partial charge in [0.2, 0.25) is 5.95 Å². The Morgan fingerprint density at radius 1 is 1.22 bits per heavy atom. The largest absolute Gasteiger partial charge is 0.486 e. The van der Waals surface area contributed by atoms with E-state index < -0.39 is 11.6 Å². The van der Waals surface area contributed by atoms with E-state index >= 15 is 0 Å². The number of anilines is 3.